The maximum Gasteiger partial charge on any atom is 0.280 e. The maximum absolute atomic E-state index is 15.2. The predicted octanol–water partition coefficient (Wildman–Crippen LogP) is 3.47. The molecule has 0 bridgehead atoms. The summed E-state index contributed by atoms with van der Waals surface area (Å²) in [6, 6.07) is 5.94. The number of aliphatic hydroxyl groups excluding tert-OH is 1. The number of aliphatic hydroxyl groups is 1. The third kappa shape index (κ3) is 4.99. The van der Waals surface area contributed by atoms with Crippen molar-refractivity contribution in [3.8, 4) is 5.88 Å². The number of nitrogens with two attached hydrogens (primary N) is 1. The lowest BCUT2D eigenvalue weighted by atomic mass is 9.84. The number of hydrogen-bond acceptors (Lipinski definition) is 6. The average Bonchev–Trinajstić information content (AvgIpc) is 2.79. The number of alkyl halides is 2. The van der Waals surface area contributed by atoms with Gasteiger partial charge in [-0.15, -0.1) is 0 Å². The molecule has 1 amide bonds. The minimum absolute atomic E-state index is 0.0351. The van der Waals surface area contributed by atoms with Crippen LogP contribution in [-0.2, 0) is 11.2 Å². The van der Waals surface area contributed by atoms with Gasteiger partial charge >= 0.3 is 0 Å². The highest BCUT2D eigenvalue weighted by atomic mass is 35.5. The number of amides is 1. The van der Waals surface area contributed by atoms with Crippen molar-refractivity contribution in [3.63, 3.8) is 0 Å². The van der Waals surface area contributed by atoms with Gasteiger partial charge < -0.3 is 25.9 Å². The number of carbonyl (C=O) groups is 1. The van der Waals surface area contributed by atoms with E-state index in [4.69, 9.17) is 27.5 Å². The van der Waals surface area contributed by atoms with Crippen LogP contribution in [0, 0.1) is 11.3 Å². The fourth-order valence-electron chi connectivity index (χ4n) is 3.91. The Morgan fingerprint density at radius 3 is 2.75 bits per heavy atom. The first kappa shape index (κ1) is 23.9. The van der Waals surface area contributed by atoms with E-state index in [1.54, 1.807) is 23.2 Å². The Bertz CT molecular complexity index is 997. The second-order valence-corrected chi connectivity index (χ2v) is 8.19. The van der Waals surface area contributed by atoms with Gasteiger partial charge in [0.05, 0.1) is 13.5 Å². The van der Waals surface area contributed by atoms with E-state index >= 15 is 8.78 Å². The summed E-state index contributed by atoms with van der Waals surface area (Å²) in [4.78, 5) is 18.2. The molecule has 2 heterocycles. The summed E-state index contributed by atoms with van der Waals surface area (Å²) < 4.78 is 35.4. The van der Waals surface area contributed by atoms with Crippen LogP contribution in [0.1, 0.15) is 35.6 Å². The quantitative estimate of drug-likeness (QED) is 0.427. The van der Waals surface area contributed by atoms with E-state index in [2.05, 4.69) is 4.98 Å². The van der Waals surface area contributed by atoms with Crippen LogP contribution in [0.4, 0.5) is 14.5 Å². The van der Waals surface area contributed by atoms with Crippen molar-refractivity contribution in [1.82, 2.24) is 9.88 Å². The van der Waals surface area contributed by atoms with E-state index < -0.39 is 17.9 Å². The van der Waals surface area contributed by atoms with Crippen LogP contribution in [-0.4, -0.2) is 53.2 Å². The van der Waals surface area contributed by atoms with Gasteiger partial charge in [0.25, 0.3) is 5.92 Å². The van der Waals surface area contributed by atoms with E-state index in [-0.39, 0.29) is 60.1 Å². The van der Waals surface area contributed by atoms with Gasteiger partial charge in [0.1, 0.15) is 6.10 Å². The highest BCUT2D eigenvalue weighted by Gasteiger charge is 2.48. The molecule has 0 radical (unpaired) electrons. The molecule has 32 heavy (non-hydrogen) atoms. The van der Waals surface area contributed by atoms with Crippen LogP contribution in [0.3, 0.4) is 0 Å². The molecule has 2 aromatic rings. The van der Waals surface area contributed by atoms with Crippen LogP contribution in [0.15, 0.2) is 30.5 Å². The normalized spacial score (nSPS) is 16.0. The molecular formula is C22H25ClF2N4O3. The number of carbonyl (C=O) groups excluding carboxylic acids is 1. The fraction of sp³-hybridized carbons (Fsp3) is 0.409. The number of nitrogens with one attached hydrogen (secondary N) is 1. The number of anilines is 1. The Labute approximate surface area is 189 Å². The number of piperidine rings is 1. The molecule has 1 aliphatic heterocycles. The molecular weight excluding hydrogens is 442 g/mol. The molecule has 1 unspecified atom stereocenters. The summed E-state index contributed by atoms with van der Waals surface area (Å²) >= 11 is 5.95. The third-order valence-corrected chi connectivity index (χ3v) is 6.00. The van der Waals surface area contributed by atoms with Gasteiger partial charge in [-0.3, -0.25) is 4.79 Å². The Hall–Kier alpha value is -2.78. The van der Waals surface area contributed by atoms with E-state index in [1.165, 1.54) is 19.2 Å². The first-order valence-electron chi connectivity index (χ1n) is 10.1. The van der Waals surface area contributed by atoms with Crippen molar-refractivity contribution in [2.45, 2.75) is 31.3 Å². The van der Waals surface area contributed by atoms with Crippen LogP contribution in [0.5, 0.6) is 5.88 Å². The van der Waals surface area contributed by atoms with Crippen LogP contribution in [0.2, 0.25) is 5.02 Å². The van der Waals surface area contributed by atoms with Gasteiger partial charge in [-0.05, 0) is 36.6 Å². The number of rotatable bonds is 7. The predicted molar refractivity (Wildman–Crippen MR) is 117 cm³/mol. The smallest absolute Gasteiger partial charge is 0.280 e. The van der Waals surface area contributed by atoms with Gasteiger partial charge in [0, 0.05) is 59.3 Å². The first-order valence-corrected chi connectivity index (χ1v) is 10.5. The number of nitrogens with zero attached hydrogens (tertiary/aromatic N) is 2. The number of likely N-dealkylation sites (tertiary alicyclic amines) is 1. The molecule has 1 aliphatic rings. The zero-order chi connectivity index (χ0) is 23.5. The summed E-state index contributed by atoms with van der Waals surface area (Å²) in [5.74, 6) is -4.39. The monoisotopic (exact) mass is 466 g/mol. The lowest BCUT2D eigenvalue weighted by Gasteiger charge is -2.38. The number of pyridine rings is 1. The van der Waals surface area contributed by atoms with E-state index in [9.17, 15) is 9.90 Å². The molecule has 7 nitrogen and oxygen atoms in total. The fourth-order valence-corrected chi connectivity index (χ4v) is 4.14. The summed E-state index contributed by atoms with van der Waals surface area (Å²) in [5.41, 5.74) is 6.46. The van der Waals surface area contributed by atoms with Crippen molar-refractivity contribution in [2.24, 2.45) is 5.92 Å². The molecule has 1 fully saturated rings. The topological polar surface area (TPSA) is 113 Å². The number of benzene rings is 1. The van der Waals surface area contributed by atoms with Crippen molar-refractivity contribution in [3.05, 3.63) is 52.2 Å². The molecule has 10 heteroatoms. The zero-order valence-electron chi connectivity index (χ0n) is 17.5. The lowest BCUT2D eigenvalue weighted by molar-refractivity contribution is -0.164. The molecule has 172 valence electrons. The number of hydrogen-bond donors (Lipinski definition) is 3. The molecule has 1 saturated heterocycles. The number of halogens is 3. The third-order valence-electron chi connectivity index (χ3n) is 5.78. The SMILES string of the molecule is COc1cc(CC(=O)N2CCC(C(F)(F)C(O)c3cc(Cl)cc(C=N)c3N)CC2)ccn1. The molecule has 0 aliphatic carbocycles. The van der Waals surface area contributed by atoms with Crippen molar-refractivity contribution < 1.29 is 23.4 Å². The molecule has 1 aromatic heterocycles. The Balaban J connectivity index is 1.66. The molecule has 1 aromatic carbocycles. The molecule has 4 N–H and O–H groups in total. The summed E-state index contributed by atoms with van der Waals surface area (Å²) in [7, 11) is 1.48. The summed E-state index contributed by atoms with van der Waals surface area (Å²) in [6.07, 6.45) is 0.463. The van der Waals surface area contributed by atoms with Gasteiger partial charge in [-0.25, -0.2) is 13.8 Å². The first-order chi connectivity index (χ1) is 15.2. The van der Waals surface area contributed by atoms with E-state index in [0.717, 1.165) is 11.8 Å². The Morgan fingerprint density at radius 1 is 1.44 bits per heavy atom. The highest BCUT2D eigenvalue weighted by molar-refractivity contribution is 6.31. The maximum atomic E-state index is 15.2. The number of methoxy groups -OCH3 is 1. The van der Waals surface area contributed by atoms with Crippen LogP contribution < -0.4 is 10.5 Å². The van der Waals surface area contributed by atoms with Crippen molar-refractivity contribution >= 4 is 29.4 Å². The summed E-state index contributed by atoms with van der Waals surface area (Å²) in [6.45, 7) is 0.315. The second-order valence-electron chi connectivity index (χ2n) is 7.76. The second kappa shape index (κ2) is 9.79. The minimum Gasteiger partial charge on any atom is -0.481 e. The molecule has 1 atom stereocenters. The highest BCUT2D eigenvalue weighted by Crippen LogP contribution is 2.44. The van der Waals surface area contributed by atoms with Crippen molar-refractivity contribution in [1.29, 1.82) is 5.41 Å². The Morgan fingerprint density at radius 2 is 2.12 bits per heavy atom. The standard InChI is InChI=1S/C22H25ClF2N4O3/c1-32-18-8-13(2-5-28-18)9-19(30)29-6-3-15(4-7-29)22(24,25)21(31)17-11-16(23)10-14(12-26)20(17)27/h2,5,8,10-12,15,21,26,31H,3-4,6-7,9,27H2,1H3. The van der Waals surface area contributed by atoms with E-state index in [0.29, 0.717) is 5.88 Å². The van der Waals surface area contributed by atoms with Gasteiger partial charge in [-0.1, -0.05) is 11.6 Å². The molecule has 0 saturated carbocycles. The van der Waals surface area contributed by atoms with Gasteiger partial charge in [-0.2, -0.15) is 0 Å². The number of ether oxygens (including phenoxy) is 1. The van der Waals surface area contributed by atoms with Crippen LogP contribution in [0.25, 0.3) is 0 Å². The molecule has 0 spiro atoms. The number of aromatic nitrogens is 1. The van der Waals surface area contributed by atoms with E-state index in [1.807, 2.05) is 0 Å². The molecule has 3 rings (SSSR count). The largest absolute Gasteiger partial charge is 0.481 e. The van der Waals surface area contributed by atoms with Gasteiger partial charge in [0.2, 0.25) is 11.8 Å². The lowest BCUT2D eigenvalue weighted by Crippen LogP contribution is -2.46. The average molecular weight is 467 g/mol. The van der Waals surface area contributed by atoms with Gasteiger partial charge in [0.15, 0.2) is 0 Å². The van der Waals surface area contributed by atoms with Crippen LogP contribution >= 0.6 is 11.6 Å². The number of nitrogen functional groups attached to an aromatic ring is 1. The Kier molecular flexibility index (Phi) is 7.30. The van der Waals surface area contributed by atoms with Crippen molar-refractivity contribution in [2.75, 3.05) is 25.9 Å². The zero-order valence-corrected chi connectivity index (χ0v) is 18.3. The summed E-state index contributed by atoms with van der Waals surface area (Å²) in [5, 5.41) is 17.9. The minimum atomic E-state index is -3.48.